The summed E-state index contributed by atoms with van der Waals surface area (Å²) in [5, 5.41) is 13.3. The maximum Gasteiger partial charge on any atom is 0.227 e. The van der Waals surface area contributed by atoms with Gasteiger partial charge in [-0.15, -0.1) is 11.3 Å². The zero-order valence-corrected chi connectivity index (χ0v) is 15.7. The van der Waals surface area contributed by atoms with Crippen molar-refractivity contribution in [1.29, 1.82) is 5.41 Å². The molecule has 2 heterocycles. The minimum absolute atomic E-state index is 0.0550. The van der Waals surface area contributed by atoms with Gasteiger partial charge in [-0.2, -0.15) is 0 Å². The van der Waals surface area contributed by atoms with Gasteiger partial charge in [0.05, 0.1) is 5.71 Å². The number of amides is 1. The first-order valence-corrected chi connectivity index (χ1v) is 9.59. The van der Waals surface area contributed by atoms with Crippen molar-refractivity contribution in [3.05, 3.63) is 51.7 Å². The molecule has 2 N–H and O–H groups in total. The van der Waals surface area contributed by atoms with E-state index in [1.807, 2.05) is 29.6 Å². The fraction of sp³-hybridized carbons (Fsp3) is 0.400. The number of carbonyl (C=O) groups excluding carboxylic acids is 1. The summed E-state index contributed by atoms with van der Waals surface area (Å²) in [5.74, 6) is 0.199. The van der Waals surface area contributed by atoms with Crippen molar-refractivity contribution < 1.29 is 4.79 Å². The Morgan fingerprint density at radius 2 is 2.20 bits per heavy atom. The zero-order valence-electron chi connectivity index (χ0n) is 14.8. The van der Waals surface area contributed by atoms with Crippen LogP contribution in [0.2, 0.25) is 0 Å². The van der Waals surface area contributed by atoms with Gasteiger partial charge in [0.2, 0.25) is 5.91 Å². The molecule has 1 amide bonds. The second kappa shape index (κ2) is 7.93. The lowest BCUT2D eigenvalue weighted by Gasteiger charge is -2.25. The van der Waals surface area contributed by atoms with Gasteiger partial charge in [0.25, 0.3) is 0 Å². The van der Waals surface area contributed by atoms with Crippen LogP contribution >= 0.6 is 11.3 Å². The van der Waals surface area contributed by atoms with Crippen LogP contribution in [0.25, 0.3) is 0 Å². The smallest absolute Gasteiger partial charge is 0.227 e. The third kappa shape index (κ3) is 4.55. The summed E-state index contributed by atoms with van der Waals surface area (Å²) in [4.78, 5) is 15.5. The number of thiophene rings is 1. The topological polar surface area (TPSA) is 56.2 Å². The van der Waals surface area contributed by atoms with Crippen LogP contribution in [0, 0.1) is 11.3 Å². The SMILES string of the molecule is CN(C)CCCC1Cc2cc(CC(=N)c3cccs3)ccc2NC1=O. The number of anilines is 1. The fourth-order valence-electron chi connectivity index (χ4n) is 3.27. The van der Waals surface area contributed by atoms with Crippen LogP contribution in [-0.4, -0.2) is 37.2 Å². The van der Waals surface area contributed by atoms with E-state index in [1.54, 1.807) is 11.3 Å². The Labute approximate surface area is 153 Å². The van der Waals surface area contributed by atoms with Crippen molar-refractivity contribution in [2.75, 3.05) is 26.0 Å². The molecule has 1 aliphatic rings. The minimum Gasteiger partial charge on any atom is -0.326 e. The quantitative estimate of drug-likeness (QED) is 0.742. The average Bonchev–Trinajstić information content (AvgIpc) is 3.10. The lowest BCUT2D eigenvalue weighted by Crippen LogP contribution is -2.30. The number of hydrogen-bond donors (Lipinski definition) is 2. The van der Waals surface area contributed by atoms with Crippen molar-refractivity contribution in [2.24, 2.45) is 5.92 Å². The van der Waals surface area contributed by atoms with Crippen molar-refractivity contribution in [2.45, 2.75) is 25.7 Å². The van der Waals surface area contributed by atoms with Gasteiger partial charge in [-0.25, -0.2) is 0 Å². The molecule has 5 heteroatoms. The molecular formula is C20H25N3OS. The maximum absolute atomic E-state index is 12.3. The lowest BCUT2D eigenvalue weighted by atomic mass is 9.88. The lowest BCUT2D eigenvalue weighted by molar-refractivity contribution is -0.120. The number of rotatable bonds is 7. The molecule has 132 valence electrons. The molecule has 0 saturated heterocycles. The van der Waals surface area contributed by atoms with Gasteiger partial charge in [-0.3, -0.25) is 4.79 Å². The van der Waals surface area contributed by atoms with Crippen LogP contribution in [0.5, 0.6) is 0 Å². The molecule has 1 aromatic carbocycles. The van der Waals surface area contributed by atoms with Gasteiger partial charge in [0.15, 0.2) is 0 Å². The second-order valence-electron chi connectivity index (χ2n) is 6.96. The summed E-state index contributed by atoms with van der Waals surface area (Å²) in [7, 11) is 4.12. The molecule has 1 aromatic heterocycles. The first-order valence-electron chi connectivity index (χ1n) is 8.71. The van der Waals surface area contributed by atoms with E-state index in [1.165, 1.54) is 5.56 Å². The maximum atomic E-state index is 12.3. The van der Waals surface area contributed by atoms with Crippen LogP contribution < -0.4 is 5.32 Å². The number of fused-ring (bicyclic) bond motifs is 1. The van der Waals surface area contributed by atoms with Gasteiger partial charge in [-0.05, 0) is 68.5 Å². The Morgan fingerprint density at radius 3 is 2.92 bits per heavy atom. The van der Waals surface area contributed by atoms with E-state index < -0.39 is 0 Å². The highest BCUT2D eigenvalue weighted by Crippen LogP contribution is 2.29. The van der Waals surface area contributed by atoms with Gasteiger partial charge in [0, 0.05) is 22.9 Å². The number of carbonyl (C=O) groups is 1. The van der Waals surface area contributed by atoms with Gasteiger partial charge >= 0.3 is 0 Å². The predicted molar refractivity (Wildman–Crippen MR) is 105 cm³/mol. The largest absolute Gasteiger partial charge is 0.326 e. The van der Waals surface area contributed by atoms with Gasteiger partial charge in [-0.1, -0.05) is 18.2 Å². The average molecular weight is 356 g/mol. The van der Waals surface area contributed by atoms with E-state index in [9.17, 15) is 4.79 Å². The summed E-state index contributed by atoms with van der Waals surface area (Å²) >= 11 is 1.61. The molecule has 0 radical (unpaired) electrons. The first kappa shape index (κ1) is 17.8. The molecule has 3 rings (SSSR count). The second-order valence-corrected chi connectivity index (χ2v) is 7.91. The first-order chi connectivity index (χ1) is 12.0. The van der Waals surface area contributed by atoms with Crippen LogP contribution in [0.4, 0.5) is 5.69 Å². The number of benzene rings is 1. The van der Waals surface area contributed by atoms with Crippen molar-refractivity contribution in [3.63, 3.8) is 0 Å². The summed E-state index contributed by atoms with van der Waals surface area (Å²) in [6, 6.07) is 10.1. The molecule has 0 aliphatic carbocycles. The Bertz CT molecular complexity index is 752. The van der Waals surface area contributed by atoms with E-state index in [4.69, 9.17) is 5.41 Å². The monoisotopic (exact) mass is 355 g/mol. The summed E-state index contributed by atoms with van der Waals surface area (Å²) in [6.07, 6.45) is 3.38. The Morgan fingerprint density at radius 1 is 1.36 bits per heavy atom. The van der Waals surface area contributed by atoms with E-state index in [2.05, 4.69) is 30.4 Å². The highest BCUT2D eigenvalue weighted by molar-refractivity contribution is 7.12. The Balaban J connectivity index is 1.67. The number of nitrogens with zero attached hydrogens (tertiary/aromatic N) is 1. The minimum atomic E-state index is 0.0550. The molecular weight excluding hydrogens is 330 g/mol. The van der Waals surface area contributed by atoms with Crippen LogP contribution in [0.3, 0.4) is 0 Å². The predicted octanol–water partition coefficient (Wildman–Crippen LogP) is 3.81. The Kier molecular flexibility index (Phi) is 5.66. The molecule has 2 aromatic rings. The van der Waals surface area contributed by atoms with E-state index >= 15 is 0 Å². The standard InChI is InChI=1S/C20H25N3OS/c1-23(2)9-3-5-15-13-16-11-14(7-8-18(16)22-20(15)24)12-17(21)19-6-4-10-25-19/h4,6-8,10-11,15,21H,3,5,9,12-13H2,1-2H3,(H,22,24). The molecule has 0 spiro atoms. The normalized spacial score (nSPS) is 16.6. The van der Waals surface area contributed by atoms with Crippen molar-refractivity contribution in [1.82, 2.24) is 4.90 Å². The zero-order chi connectivity index (χ0) is 17.8. The summed E-state index contributed by atoms with van der Waals surface area (Å²) in [5.41, 5.74) is 3.92. The highest BCUT2D eigenvalue weighted by atomic mass is 32.1. The van der Waals surface area contributed by atoms with Gasteiger partial charge in [0.1, 0.15) is 0 Å². The number of nitrogens with one attached hydrogen (secondary N) is 2. The summed E-state index contributed by atoms with van der Waals surface area (Å²) < 4.78 is 0. The van der Waals surface area contributed by atoms with Crippen LogP contribution in [0.1, 0.15) is 28.8 Å². The van der Waals surface area contributed by atoms with Crippen molar-refractivity contribution >= 4 is 28.6 Å². The van der Waals surface area contributed by atoms with E-state index in [0.717, 1.165) is 41.9 Å². The Hall–Kier alpha value is -1.98. The molecule has 4 nitrogen and oxygen atoms in total. The molecule has 1 aliphatic heterocycles. The summed E-state index contributed by atoms with van der Waals surface area (Å²) in [6.45, 7) is 1.01. The van der Waals surface area contributed by atoms with E-state index in [-0.39, 0.29) is 11.8 Å². The third-order valence-electron chi connectivity index (χ3n) is 4.62. The fourth-order valence-corrected chi connectivity index (χ4v) is 3.94. The third-order valence-corrected chi connectivity index (χ3v) is 5.55. The molecule has 1 atom stereocenters. The molecule has 0 bridgehead atoms. The van der Waals surface area contributed by atoms with Gasteiger partial charge < -0.3 is 15.6 Å². The van der Waals surface area contributed by atoms with Crippen LogP contribution in [-0.2, 0) is 17.6 Å². The van der Waals surface area contributed by atoms with Crippen LogP contribution in [0.15, 0.2) is 35.7 Å². The number of hydrogen-bond acceptors (Lipinski definition) is 4. The molecule has 0 saturated carbocycles. The molecule has 0 fully saturated rings. The molecule has 1 unspecified atom stereocenters. The molecule has 25 heavy (non-hydrogen) atoms. The highest BCUT2D eigenvalue weighted by Gasteiger charge is 2.25. The van der Waals surface area contributed by atoms with E-state index in [0.29, 0.717) is 12.1 Å². The van der Waals surface area contributed by atoms with Crippen molar-refractivity contribution in [3.8, 4) is 0 Å².